The van der Waals surface area contributed by atoms with E-state index in [0.29, 0.717) is 0 Å². The van der Waals surface area contributed by atoms with Crippen molar-refractivity contribution < 1.29 is 0 Å². The molecule has 0 atom stereocenters. The Morgan fingerprint density at radius 3 is 1.96 bits per heavy atom. The van der Waals surface area contributed by atoms with Gasteiger partial charge in [-0.3, -0.25) is 0 Å². The highest BCUT2D eigenvalue weighted by Crippen LogP contribution is 2.19. The summed E-state index contributed by atoms with van der Waals surface area (Å²) in [5.41, 5.74) is 13.0. The van der Waals surface area contributed by atoms with Crippen molar-refractivity contribution in [2.75, 3.05) is 0 Å². The van der Waals surface area contributed by atoms with Gasteiger partial charge in [0, 0.05) is 22.3 Å². The average molecular weight is 302 g/mol. The molecular formula is C24H14. The fourth-order valence-corrected chi connectivity index (χ4v) is 2.66. The van der Waals surface area contributed by atoms with Gasteiger partial charge in [-0.25, -0.2) is 0 Å². The largest absolute Gasteiger partial charge is 0.112 e. The molecule has 0 saturated carbocycles. The second kappa shape index (κ2) is 6.33. The van der Waals surface area contributed by atoms with Gasteiger partial charge in [0.25, 0.3) is 0 Å². The van der Waals surface area contributed by atoms with E-state index in [0.717, 1.165) is 27.8 Å². The number of benzene rings is 2. The summed E-state index contributed by atoms with van der Waals surface area (Å²) < 4.78 is 0. The van der Waals surface area contributed by atoms with Crippen LogP contribution in [0.15, 0.2) is 96.4 Å². The number of rotatable bonds is 2. The van der Waals surface area contributed by atoms with Crippen LogP contribution in [0.1, 0.15) is 22.3 Å². The predicted octanol–water partition coefficient (Wildman–Crippen LogP) is 5.30. The molecule has 0 fully saturated rings. The maximum absolute atomic E-state index is 3.25. The Morgan fingerprint density at radius 1 is 0.625 bits per heavy atom. The van der Waals surface area contributed by atoms with E-state index in [1.165, 1.54) is 5.56 Å². The van der Waals surface area contributed by atoms with Gasteiger partial charge in [0.2, 0.25) is 0 Å². The van der Waals surface area contributed by atoms with E-state index < -0.39 is 0 Å². The van der Waals surface area contributed by atoms with Crippen molar-refractivity contribution in [1.82, 2.24) is 0 Å². The number of allylic oxidation sites excluding steroid dienone is 6. The summed E-state index contributed by atoms with van der Waals surface area (Å²) in [6.07, 6.45) is 12.0. The SMILES string of the molecule is C1=CC=CC=1c1ccc(C#Cc2cccc(C3=C=CC=C3)c2)cc1. The zero-order valence-corrected chi connectivity index (χ0v) is 13.1. The zero-order chi connectivity index (χ0) is 16.2. The lowest BCUT2D eigenvalue weighted by atomic mass is 10.0. The Hall–Kier alpha value is -3.48. The minimum atomic E-state index is 1.01. The van der Waals surface area contributed by atoms with Crippen LogP contribution in [0.3, 0.4) is 0 Å². The fraction of sp³-hybridized carbons (Fsp3) is 0. The Morgan fingerprint density at radius 2 is 1.29 bits per heavy atom. The van der Waals surface area contributed by atoms with Crippen molar-refractivity contribution >= 4 is 11.1 Å². The van der Waals surface area contributed by atoms with Gasteiger partial charge in [0.1, 0.15) is 0 Å². The summed E-state index contributed by atoms with van der Waals surface area (Å²) >= 11 is 0. The molecule has 0 radical (unpaired) electrons. The molecule has 0 aliphatic heterocycles. The standard InChI is InChI=1S/C24H14/c1-2-8-21(7-1)23-16-14-19(15-17-23)12-13-20-6-5-11-24(18-20)22-9-3-4-10-22/h1-7,9,11,14-18H. The molecule has 0 spiro atoms. The first-order valence-electron chi connectivity index (χ1n) is 7.88. The van der Waals surface area contributed by atoms with Crippen molar-refractivity contribution in [2.45, 2.75) is 0 Å². The highest BCUT2D eigenvalue weighted by molar-refractivity contribution is 5.77. The van der Waals surface area contributed by atoms with Gasteiger partial charge >= 0.3 is 0 Å². The van der Waals surface area contributed by atoms with E-state index in [9.17, 15) is 0 Å². The van der Waals surface area contributed by atoms with Crippen LogP contribution in [-0.2, 0) is 0 Å². The van der Waals surface area contributed by atoms with E-state index in [4.69, 9.17) is 0 Å². The van der Waals surface area contributed by atoms with Crippen molar-refractivity contribution in [1.29, 1.82) is 0 Å². The molecule has 2 aromatic rings. The topological polar surface area (TPSA) is 0 Å². The molecule has 2 aliphatic rings. The predicted molar refractivity (Wildman–Crippen MR) is 100 cm³/mol. The maximum atomic E-state index is 3.25. The number of hydrogen-bond acceptors (Lipinski definition) is 0. The van der Waals surface area contributed by atoms with E-state index in [-0.39, 0.29) is 0 Å². The summed E-state index contributed by atoms with van der Waals surface area (Å²) in [5.74, 6) is 6.48. The van der Waals surface area contributed by atoms with Gasteiger partial charge in [-0.05, 0) is 59.7 Å². The molecule has 0 saturated heterocycles. The molecular weight excluding hydrogens is 288 g/mol. The van der Waals surface area contributed by atoms with Crippen molar-refractivity contribution in [3.05, 3.63) is 119 Å². The Bertz CT molecular complexity index is 1050. The summed E-state index contributed by atoms with van der Waals surface area (Å²) in [7, 11) is 0. The first-order chi connectivity index (χ1) is 11.9. The number of hydrogen-bond donors (Lipinski definition) is 0. The van der Waals surface area contributed by atoms with Gasteiger partial charge in [-0.1, -0.05) is 48.3 Å². The van der Waals surface area contributed by atoms with Gasteiger partial charge < -0.3 is 0 Å². The third-order valence-electron chi connectivity index (χ3n) is 3.92. The molecule has 4 rings (SSSR count). The Balaban J connectivity index is 1.57. The molecule has 110 valence electrons. The Kier molecular flexibility index (Phi) is 3.73. The van der Waals surface area contributed by atoms with Crippen LogP contribution in [0, 0.1) is 11.8 Å². The van der Waals surface area contributed by atoms with Crippen LogP contribution < -0.4 is 0 Å². The first-order valence-corrected chi connectivity index (χ1v) is 7.88. The van der Waals surface area contributed by atoms with Gasteiger partial charge in [0.05, 0.1) is 0 Å². The third kappa shape index (κ3) is 3.00. The molecule has 0 heteroatoms. The normalized spacial score (nSPS) is 13.7. The lowest BCUT2D eigenvalue weighted by Gasteiger charge is -1.99. The van der Waals surface area contributed by atoms with Crippen LogP contribution in [0.2, 0.25) is 0 Å². The molecule has 2 aromatic carbocycles. The van der Waals surface area contributed by atoms with Crippen molar-refractivity contribution in [2.24, 2.45) is 0 Å². The van der Waals surface area contributed by atoms with Crippen LogP contribution in [-0.4, -0.2) is 0 Å². The van der Waals surface area contributed by atoms with Crippen molar-refractivity contribution in [3.8, 4) is 11.8 Å². The quantitative estimate of drug-likeness (QED) is 0.521. The molecule has 0 bridgehead atoms. The molecule has 0 amide bonds. The van der Waals surface area contributed by atoms with E-state index in [1.54, 1.807) is 0 Å². The van der Waals surface area contributed by atoms with Gasteiger partial charge in [-0.15, -0.1) is 11.5 Å². The summed E-state index contributed by atoms with van der Waals surface area (Å²) in [6, 6.07) is 16.5. The lowest BCUT2D eigenvalue weighted by Crippen LogP contribution is -1.82. The van der Waals surface area contributed by atoms with E-state index in [1.807, 2.05) is 36.4 Å². The Labute approximate surface area is 142 Å². The zero-order valence-electron chi connectivity index (χ0n) is 13.1. The third-order valence-corrected chi connectivity index (χ3v) is 3.92. The molecule has 0 unspecified atom stereocenters. The first kappa shape index (κ1) is 14.1. The smallest absolute Gasteiger partial charge is 0.0255 e. The second-order valence-corrected chi connectivity index (χ2v) is 5.58. The van der Waals surface area contributed by atoms with E-state index in [2.05, 4.69) is 71.9 Å². The molecule has 0 aromatic heterocycles. The molecule has 0 nitrogen and oxygen atoms in total. The van der Waals surface area contributed by atoms with Gasteiger partial charge in [-0.2, -0.15) is 0 Å². The summed E-state index contributed by atoms with van der Waals surface area (Å²) in [4.78, 5) is 0. The molecule has 0 heterocycles. The molecule has 2 aliphatic carbocycles. The maximum Gasteiger partial charge on any atom is 0.0255 e. The minimum Gasteiger partial charge on any atom is -0.112 e. The van der Waals surface area contributed by atoms with Crippen LogP contribution in [0.25, 0.3) is 11.1 Å². The average Bonchev–Trinajstić information content (AvgIpc) is 3.34. The van der Waals surface area contributed by atoms with E-state index >= 15 is 0 Å². The fourth-order valence-electron chi connectivity index (χ4n) is 2.66. The van der Waals surface area contributed by atoms with Crippen molar-refractivity contribution in [3.63, 3.8) is 0 Å². The van der Waals surface area contributed by atoms with Crippen LogP contribution >= 0.6 is 0 Å². The van der Waals surface area contributed by atoms with Gasteiger partial charge in [0.15, 0.2) is 0 Å². The molecule has 0 N–H and O–H groups in total. The monoisotopic (exact) mass is 302 g/mol. The highest BCUT2D eigenvalue weighted by Gasteiger charge is 2.00. The highest BCUT2D eigenvalue weighted by atomic mass is 14.0. The van der Waals surface area contributed by atoms with Crippen LogP contribution in [0.4, 0.5) is 0 Å². The molecule has 24 heavy (non-hydrogen) atoms. The lowest BCUT2D eigenvalue weighted by molar-refractivity contribution is 1.57. The second-order valence-electron chi connectivity index (χ2n) is 5.58. The van der Waals surface area contributed by atoms with Crippen LogP contribution in [0.5, 0.6) is 0 Å². The summed E-state index contributed by atoms with van der Waals surface area (Å²) in [5, 5.41) is 0. The minimum absolute atomic E-state index is 1.01. The summed E-state index contributed by atoms with van der Waals surface area (Å²) in [6.45, 7) is 0.